The van der Waals surface area contributed by atoms with Crippen LogP contribution in [-0.2, 0) is 9.53 Å². The molecule has 0 saturated heterocycles. The molecule has 0 aromatic rings. The largest absolute Gasteiger partial charge is 0.469 e. The van der Waals surface area contributed by atoms with Crippen molar-refractivity contribution >= 4 is 5.97 Å². The Morgan fingerprint density at radius 3 is 2.64 bits per heavy atom. The summed E-state index contributed by atoms with van der Waals surface area (Å²) in [4.78, 5) is 10.8. The van der Waals surface area contributed by atoms with E-state index in [1.807, 2.05) is 0 Å². The van der Waals surface area contributed by atoms with E-state index in [1.54, 1.807) is 0 Å². The van der Waals surface area contributed by atoms with Gasteiger partial charge in [-0.3, -0.25) is 4.79 Å². The van der Waals surface area contributed by atoms with E-state index in [9.17, 15) is 4.79 Å². The lowest BCUT2D eigenvalue weighted by atomic mass is 10.0. The second-order valence-electron chi connectivity index (χ2n) is 2.67. The molecule has 0 aromatic carbocycles. The Balaban J connectivity index is 3.58. The van der Waals surface area contributed by atoms with Crippen LogP contribution in [-0.4, -0.2) is 19.6 Å². The van der Waals surface area contributed by atoms with Gasteiger partial charge in [0.1, 0.15) is 0 Å². The number of methoxy groups -OCH3 is 1. The maximum Gasteiger partial charge on any atom is 0.305 e. The third-order valence-electron chi connectivity index (χ3n) is 1.71. The van der Waals surface area contributed by atoms with Crippen molar-refractivity contribution in [2.45, 2.75) is 26.2 Å². The van der Waals surface area contributed by atoms with Gasteiger partial charge < -0.3 is 10.5 Å². The van der Waals surface area contributed by atoms with Crippen LogP contribution in [0.2, 0.25) is 0 Å². The van der Waals surface area contributed by atoms with Gasteiger partial charge in [-0.05, 0) is 18.9 Å². The number of rotatable bonds is 5. The highest BCUT2D eigenvalue weighted by Gasteiger charge is 2.10. The zero-order valence-electron chi connectivity index (χ0n) is 7.30. The maximum absolute atomic E-state index is 10.8. The summed E-state index contributed by atoms with van der Waals surface area (Å²) in [6.45, 7) is 2.66. The zero-order valence-corrected chi connectivity index (χ0v) is 7.30. The van der Waals surface area contributed by atoms with Gasteiger partial charge in [-0.15, -0.1) is 0 Å². The van der Waals surface area contributed by atoms with Crippen LogP contribution >= 0.6 is 0 Å². The smallest absolute Gasteiger partial charge is 0.305 e. The summed E-state index contributed by atoms with van der Waals surface area (Å²) in [7, 11) is 1.40. The predicted molar refractivity (Wildman–Crippen MR) is 44.1 cm³/mol. The summed E-state index contributed by atoms with van der Waals surface area (Å²) >= 11 is 0. The van der Waals surface area contributed by atoms with Gasteiger partial charge in [0.05, 0.1) is 7.11 Å². The summed E-state index contributed by atoms with van der Waals surface area (Å²) in [5.74, 6) is 0.140. The van der Waals surface area contributed by atoms with Crippen molar-refractivity contribution in [3.05, 3.63) is 0 Å². The third kappa shape index (κ3) is 4.79. The highest BCUT2D eigenvalue weighted by molar-refractivity contribution is 5.69. The molecule has 0 aliphatic carbocycles. The Labute approximate surface area is 67.9 Å². The van der Waals surface area contributed by atoms with E-state index in [0.717, 1.165) is 12.8 Å². The number of carbonyl (C=O) groups excluding carboxylic acids is 1. The van der Waals surface area contributed by atoms with E-state index in [-0.39, 0.29) is 5.97 Å². The predicted octanol–water partition coefficient (Wildman–Crippen LogP) is 0.924. The molecule has 3 heteroatoms. The molecule has 2 N–H and O–H groups in total. The van der Waals surface area contributed by atoms with Crippen LogP contribution in [0, 0.1) is 5.92 Å². The molecule has 0 aromatic heterocycles. The van der Waals surface area contributed by atoms with E-state index in [1.165, 1.54) is 7.11 Å². The Kier molecular flexibility index (Phi) is 5.84. The molecule has 0 saturated carbocycles. The molecular weight excluding hydrogens is 142 g/mol. The molecule has 11 heavy (non-hydrogen) atoms. The number of carbonyl (C=O) groups is 1. The van der Waals surface area contributed by atoms with Crippen molar-refractivity contribution in [3.8, 4) is 0 Å². The molecule has 0 amide bonds. The normalized spacial score (nSPS) is 12.6. The molecule has 66 valence electrons. The minimum atomic E-state index is -0.158. The summed E-state index contributed by atoms with van der Waals surface area (Å²) in [6.07, 6.45) is 2.53. The van der Waals surface area contributed by atoms with Crippen LogP contribution in [0.4, 0.5) is 0 Å². The zero-order chi connectivity index (χ0) is 8.69. The van der Waals surface area contributed by atoms with Crippen LogP contribution in [0.25, 0.3) is 0 Å². The first-order valence-corrected chi connectivity index (χ1v) is 4.01. The molecule has 3 nitrogen and oxygen atoms in total. The average molecular weight is 159 g/mol. The van der Waals surface area contributed by atoms with E-state index in [2.05, 4.69) is 11.7 Å². The molecule has 0 radical (unpaired) electrons. The lowest BCUT2D eigenvalue weighted by Crippen LogP contribution is -2.18. The van der Waals surface area contributed by atoms with E-state index >= 15 is 0 Å². The fourth-order valence-electron chi connectivity index (χ4n) is 1.03. The molecule has 0 unspecified atom stereocenters. The van der Waals surface area contributed by atoms with Crippen molar-refractivity contribution in [1.82, 2.24) is 0 Å². The average Bonchev–Trinajstić information content (AvgIpc) is 2.03. The van der Waals surface area contributed by atoms with Crippen LogP contribution in [0.5, 0.6) is 0 Å². The van der Waals surface area contributed by atoms with Gasteiger partial charge in [0.25, 0.3) is 0 Å². The van der Waals surface area contributed by atoms with Gasteiger partial charge in [0.2, 0.25) is 0 Å². The van der Waals surface area contributed by atoms with Crippen molar-refractivity contribution < 1.29 is 9.53 Å². The van der Waals surface area contributed by atoms with E-state index in [0.29, 0.717) is 18.9 Å². The molecule has 0 bridgehead atoms. The lowest BCUT2D eigenvalue weighted by molar-refractivity contribution is -0.141. The van der Waals surface area contributed by atoms with Crippen molar-refractivity contribution in [2.75, 3.05) is 13.7 Å². The molecule has 0 aliphatic heterocycles. The second-order valence-corrected chi connectivity index (χ2v) is 2.67. The van der Waals surface area contributed by atoms with Crippen molar-refractivity contribution in [1.29, 1.82) is 0 Å². The summed E-state index contributed by atoms with van der Waals surface area (Å²) in [5, 5.41) is 0. The van der Waals surface area contributed by atoms with E-state index < -0.39 is 0 Å². The van der Waals surface area contributed by atoms with Gasteiger partial charge >= 0.3 is 5.97 Å². The topological polar surface area (TPSA) is 52.3 Å². The quantitative estimate of drug-likeness (QED) is 0.607. The highest BCUT2D eigenvalue weighted by atomic mass is 16.5. The summed E-state index contributed by atoms with van der Waals surface area (Å²) < 4.78 is 4.53. The Morgan fingerprint density at radius 2 is 2.27 bits per heavy atom. The van der Waals surface area contributed by atoms with Crippen molar-refractivity contribution in [2.24, 2.45) is 11.7 Å². The molecule has 1 atom stereocenters. The summed E-state index contributed by atoms with van der Waals surface area (Å²) in [5.41, 5.74) is 5.45. The first-order chi connectivity index (χ1) is 5.24. The first kappa shape index (κ1) is 10.4. The minimum absolute atomic E-state index is 0.158. The van der Waals surface area contributed by atoms with Gasteiger partial charge in [-0.2, -0.15) is 0 Å². The number of hydrogen-bond donors (Lipinski definition) is 1. The summed E-state index contributed by atoms with van der Waals surface area (Å²) in [6, 6.07) is 0. The Bertz CT molecular complexity index is 115. The van der Waals surface area contributed by atoms with Crippen LogP contribution in [0.15, 0.2) is 0 Å². The molecule has 0 aliphatic rings. The van der Waals surface area contributed by atoms with Gasteiger partial charge in [0, 0.05) is 6.42 Å². The molecular formula is C8H17NO2. The van der Waals surface area contributed by atoms with Crippen LogP contribution in [0.1, 0.15) is 26.2 Å². The van der Waals surface area contributed by atoms with Crippen LogP contribution in [0.3, 0.4) is 0 Å². The van der Waals surface area contributed by atoms with Gasteiger partial charge in [-0.25, -0.2) is 0 Å². The Hall–Kier alpha value is -0.570. The SMILES string of the molecule is CCC[C@@H](CN)CC(=O)OC. The van der Waals surface area contributed by atoms with Gasteiger partial charge in [-0.1, -0.05) is 13.3 Å². The third-order valence-corrected chi connectivity index (χ3v) is 1.71. The molecule has 0 heterocycles. The molecule has 0 spiro atoms. The van der Waals surface area contributed by atoms with E-state index in [4.69, 9.17) is 5.73 Å². The Morgan fingerprint density at radius 1 is 1.64 bits per heavy atom. The monoisotopic (exact) mass is 159 g/mol. The maximum atomic E-state index is 10.8. The lowest BCUT2D eigenvalue weighted by Gasteiger charge is -2.10. The molecule has 0 rings (SSSR count). The number of ether oxygens (including phenoxy) is 1. The first-order valence-electron chi connectivity index (χ1n) is 4.01. The number of hydrogen-bond acceptors (Lipinski definition) is 3. The number of nitrogens with two attached hydrogens (primary N) is 1. The van der Waals surface area contributed by atoms with Crippen molar-refractivity contribution in [3.63, 3.8) is 0 Å². The van der Waals surface area contributed by atoms with Gasteiger partial charge in [0.15, 0.2) is 0 Å². The fraction of sp³-hybridized carbons (Fsp3) is 0.875. The molecule has 0 fully saturated rings. The fourth-order valence-corrected chi connectivity index (χ4v) is 1.03. The van der Waals surface area contributed by atoms with Crippen LogP contribution < -0.4 is 5.73 Å². The minimum Gasteiger partial charge on any atom is -0.469 e. The highest BCUT2D eigenvalue weighted by Crippen LogP contribution is 2.09. The second kappa shape index (κ2) is 6.16. The number of esters is 1. The standard InChI is InChI=1S/C8H17NO2/c1-3-4-7(6-9)5-8(10)11-2/h7H,3-6,9H2,1-2H3/t7-/m1/s1.